The van der Waals surface area contributed by atoms with Crippen LogP contribution in [0, 0.1) is 23.7 Å². The van der Waals surface area contributed by atoms with Gasteiger partial charge in [0, 0.05) is 25.7 Å². The van der Waals surface area contributed by atoms with Crippen LogP contribution in [0.5, 0.6) is 0 Å². The standard InChI is InChI=1S/C69H134O17P2/c1-9-62(8)48-40-32-24-17-19-25-33-41-49-66(71)79-55-64(86-69(74)52-44-36-27-18-16-22-30-38-46-60(4)5)57-83-87(75,76)81-53-63(70)54-82-88(77,78)84-58-65(56-80-67(72)50-42-34-28-20-23-31-39-47-61(6)7)85-68(73)51-43-35-26-15-13-11-10-12-14-21-29-37-45-59(2)3/h59-65,70H,9-58H2,1-8H3,(H,75,76)(H,77,78)/t62?,63?,64-,65-/m1/s1. The minimum absolute atomic E-state index is 0.103. The van der Waals surface area contributed by atoms with Gasteiger partial charge < -0.3 is 33.8 Å². The molecule has 522 valence electrons. The number of hydrogen-bond acceptors (Lipinski definition) is 15. The first kappa shape index (κ1) is 86.1. The lowest BCUT2D eigenvalue weighted by Crippen LogP contribution is -2.30. The van der Waals surface area contributed by atoms with E-state index in [2.05, 4.69) is 55.4 Å². The summed E-state index contributed by atoms with van der Waals surface area (Å²) in [6.45, 7) is 14.1. The number of unbranched alkanes of at least 4 members (excludes halogenated alkanes) is 31. The smallest absolute Gasteiger partial charge is 0.462 e. The number of phosphoric ester groups is 2. The molecule has 0 amide bonds. The fourth-order valence-corrected chi connectivity index (χ4v) is 11.9. The third-order valence-corrected chi connectivity index (χ3v) is 18.1. The Bertz CT molecular complexity index is 1750. The largest absolute Gasteiger partial charge is 0.472 e. The maximum absolute atomic E-state index is 13.0. The normalized spacial score (nSPS) is 14.6. The van der Waals surface area contributed by atoms with E-state index < -0.39 is 97.5 Å². The average Bonchev–Trinajstić information content (AvgIpc) is 3.55. The van der Waals surface area contributed by atoms with Crippen molar-refractivity contribution in [1.29, 1.82) is 0 Å². The van der Waals surface area contributed by atoms with Crippen LogP contribution in [0.25, 0.3) is 0 Å². The summed E-state index contributed by atoms with van der Waals surface area (Å²) in [5.41, 5.74) is 0. The molecule has 4 unspecified atom stereocenters. The Morgan fingerprint density at radius 3 is 0.807 bits per heavy atom. The molecule has 6 atom stereocenters. The molecule has 0 spiro atoms. The van der Waals surface area contributed by atoms with Crippen LogP contribution in [0.2, 0.25) is 0 Å². The molecule has 0 aliphatic heterocycles. The Morgan fingerprint density at radius 1 is 0.318 bits per heavy atom. The molecule has 0 aromatic heterocycles. The summed E-state index contributed by atoms with van der Waals surface area (Å²) < 4.78 is 68.2. The molecule has 0 fully saturated rings. The van der Waals surface area contributed by atoms with E-state index in [0.29, 0.717) is 31.6 Å². The van der Waals surface area contributed by atoms with Crippen molar-refractivity contribution < 1.29 is 80.2 Å². The van der Waals surface area contributed by atoms with E-state index in [1.165, 1.54) is 135 Å². The summed E-state index contributed by atoms with van der Waals surface area (Å²) in [6, 6.07) is 0. The second-order valence-electron chi connectivity index (χ2n) is 26.6. The Balaban J connectivity index is 5.25. The van der Waals surface area contributed by atoms with Crippen molar-refractivity contribution in [2.24, 2.45) is 23.7 Å². The monoisotopic (exact) mass is 1300 g/mol. The minimum atomic E-state index is -4.95. The van der Waals surface area contributed by atoms with Gasteiger partial charge in [-0.3, -0.25) is 37.3 Å². The summed E-state index contributed by atoms with van der Waals surface area (Å²) in [5.74, 6) is 0.845. The van der Waals surface area contributed by atoms with Crippen LogP contribution in [0.1, 0.15) is 338 Å². The second kappa shape index (κ2) is 58.8. The molecule has 0 rings (SSSR count). The number of phosphoric acid groups is 2. The molecule has 0 saturated carbocycles. The summed E-state index contributed by atoms with van der Waals surface area (Å²) in [7, 11) is -9.90. The number of aliphatic hydroxyl groups is 1. The molecular weight excluding hydrogens is 1160 g/mol. The van der Waals surface area contributed by atoms with E-state index in [1.807, 2.05) is 0 Å². The van der Waals surface area contributed by atoms with Gasteiger partial charge in [0.2, 0.25) is 0 Å². The molecule has 17 nitrogen and oxygen atoms in total. The lowest BCUT2D eigenvalue weighted by atomic mass is 9.99. The topological polar surface area (TPSA) is 237 Å². The molecular formula is C69H134O17P2. The molecule has 0 bridgehead atoms. The van der Waals surface area contributed by atoms with Crippen molar-refractivity contribution in [2.45, 2.75) is 356 Å². The highest BCUT2D eigenvalue weighted by Gasteiger charge is 2.30. The Morgan fingerprint density at radius 2 is 0.545 bits per heavy atom. The predicted octanol–water partition coefficient (Wildman–Crippen LogP) is 19.3. The van der Waals surface area contributed by atoms with Crippen LogP contribution in [-0.2, 0) is 65.4 Å². The van der Waals surface area contributed by atoms with Crippen molar-refractivity contribution in [1.82, 2.24) is 0 Å². The maximum Gasteiger partial charge on any atom is 0.472 e. The van der Waals surface area contributed by atoms with Crippen LogP contribution >= 0.6 is 15.6 Å². The van der Waals surface area contributed by atoms with E-state index in [9.17, 15) is 43.2 Å². The quantitative estimate of drug-likeness (QED) is 0.0222. The van der Waals surface area contributed by atoms with Gasteiger partial charge in [0.25, 0.3) is 0 Å². The first-order chi connectivity index (χ1) is 42.1. The molecule has 3 N–H and O–H groups in total. The highest BCUT2D eigenvalue weighted by atomic mass is 31.2. The highest BCUT2D eigenvalue weighted by molar-refractivity contribution is 7.47. The molecule has 0 aliphatic rings. The first-order valence-electron chi connectivity index (χ1n) is 35.7. The number of carbonyl (C=O) groups excluding carboxylic acids is 4. The van der Waals surface area contributed by atoms with Gasteiger partial charge in [0.15, 0.2) is 12.2 Å². The molecule has 88 heavy (non-hydrogen) atoms. The number of hydrogen-bond donors (Lipinski definition) is 3. The van der Waals surface area contributed by atoms with Gasteiger partial charge in [-0.25, -0.2) is 9.13 Å². The van der Waals surface area contributed by atoms with Crippen LogP contribution in [0.15, 0.2) is 0 Å². The number of rotatable bonds is 66. The third-order valence-electron chi connectivity index (χ3n) is 16.2. The van der Waals surface area contributed by atoms with E-state index in [0.717, 1.165) is 114 Å². The van der Waals surface area contributed by atoms with Gasteiger partial charge >= 0.3 is 39.5 Å². The van der Waals surface area contributed by atoms with Crippen molar-refractivity contribution in [2.75, 3.05) is 39.6 Å². The fourth-order valence-electron chi connectivity index (χ4n) is 10.3. The number of ether oxygens (including phenoxy) is 4. The van der Waals surface area contributed by atoms with Gasteiger partial charge in [0.1, 0.15) is 19.3 Å². The summed E-state index contributed by atoms with van der Waals surface area (Å²) in [5, 5.41) is 10.6. The van der Waals surface area contributed by atoms with E-state index in [1.54, 1.807) is 0 Å². The third kappa shape index (κ3) is 61.6. The Hall–Kier alpha value is -1.94. The van der Waals surface area contributed by atoms with Gasteiger partial charge in [-0.2, -0.15) is 0 Å². The van der Waals surface area contributed by atoms with E-state index in [4.69, 9.17) is 37.0 Å². The van der Waals surface area contributed by atoms with Crippen molar-refractivity contribution in [3.63, 3.8) is 0 Å². The summed E-state index contributed by atoms with van der Waals surface area (Å²) >= 11 is 0. The molecule has 0 aromatic rings. The zero-order valence-corrected chi connectivity index (χ0v) is 59.1. The van der Waals surface area contributed by atoms with Crippen LogP contribution in [-0.4, -0.2) is 96.7 Å². The van der Waals surface area contributed by atoms with E-state index >= 15 is 0 Å². The van der Waals surface area contributed by atoms with Gasteiger partial charge in [0.05, 0.1) is 26.4 Å². The second-order valence-corrected chi connectivity index (χ2v) is 29.5. The zero-order chi connectivity index (χ0) is 65.4. The van der Waals surface area contributed by atoms with E-state index in [-0.39, 0.29) is 25.7 Å². The predicted molar refractivity (Wildman–Crippen MR) is 354 cm³/mol. The molecule has 0 heterocycles. The Labute approximate surface area is 537 Å². The molecule has 0 radical (unpaired) electrons. The average molecular weight is 1300 g/mol. The fraction of sp³-hybridized carbons (Fsp3) is 0.942. The zero-order valence-electron chi connectivity index (χ0n) is 57.3. The van der Waals surface area contributed by atoms with Crippen molar-refractivity contribution >= 4 is 39.5 Å². The number of aliphatic hydroxyl groups excluding tert-OH is 1. The minimum Gasteiger partial charge on any atom is -0.462 e. The van der Waals surface area contributed by atoms with Crippen molar-refractivity contribution in [3.8, 4) is 0 Å². The van der Waals surface area contributed by atoms with Gasteiger partial charge in [-0.05, 0) is 49.4 Å². The number of carbonyl (C=O) groups is 4. The maximum atomic E-state index is 13.0. The lowest BCUT2D eigenvalue weighted by Gasteiger charge is -2.21. The van der Waals surface area contributed by atoms with Crippen LogP contribution in [0.4, 0.5) is 0 Å². The lowest BCUT2D eigenvalue weighted by molar-refractivity contribution is -0.161. The molecule has 0 aromatic carbocycles. The number of esters is 4. The highest BCUT2D eigenvalue weighted by Crippen LogP contribution is 2.45. The summed E-state index contributed by atoms with van der Waals surface area (Å²) in [4.78, 5) is 72.5. The van der Waals surface area contributed by atoms with Gasteiger partial charge in [-0.1, -0.05) is 287 Å². The first-order valence-corrected chi connectivity index (χ1v) is 38.7. The SMILES string of the molecule is CCC(C)CCCCCCCCCCC(=O)OC[C@H](COP(=O)(O)OCC(O)COP(=O)(O)OC[C@@H](COC(=O)CCCCCCCCCC(C)C)OC(=O)CCCCCCCCCCCCCCC(C)C)OC(=O)CCCCCCCCCCC(C)C. The molecule has 19 heteroatoms. The summed E-state index contributed by atoms with van der Waals surface area (Å²) in [6.07, 6.45) is 40.3. The molecule has 0 saturated heterocycles. The van der Waals surface area contributed by atoms with Crippen molar-refractivity contribution in [3.05, 3.63) is 0 Å². The van der Waals surface area contributed by atoms with Crippen LogP contribution in [0.3, 0.4) is 0 Å². The Kier molecular flexibility index (Phi) is 57.6. The molecule has 0 aliphatic carbocycles. The van der Waals surface area contributed by atoms with Crippen LogP contribution < -0.4 is 0 Å². The van der Waals surface area contributed by atoms with Gasteiger partial charge in [-0.15, -0.1) is 0 Å².